The molecular formula is C27H29N3O3. The summed E-state index contributed by atoms with van der Waals surface area (Å²) in [5, 5.41) is 6.90. The van der Waals surface area contributed by atoms with Crippen LogP contribution < -0.4 is 15.5 Å². The smallest absolute Gasteiger partial charge is 0.271 e. The Morgan fingerprint density at radius 2 is 1.67 bits per heavy atom. The number of amides is 2. The van der Waals surface area contributed by atoms with E-state index in [1.54, 1.807) is 30.5 Å². The quantitative estimate of drug-likeness (QED) is 0.212. The fourth-order valence-corrected chi connectivity index (χ4v) is 3.19. The molecule has 170 valence electrons. The van der Waals surface area contributed by atoms with Crippen LogP contribution in [0.15, 0.2) is 84.0 Å². The lowest BCUT2D eigenvalue weighted by Gasteiger charge is -2.07. The number of carbonyl (C=O) groups excluding carboxylic acids is 2. The van der Waals surface area contributed by atoms with Gasteiger partial charge in [-0.05, 0) is 54.4 Å². The molecule has 0 spiro atoms. The predicted molar refractivity (Wildman–Crippen MR) is 132 cm³/mol. The molecule has 0 aliphatic heterocycles. The molecular weight excluding hydrogens is 414 g/mol. The maximum Gasteiger partial charge on any atom is 0.271 e. The second-order valence-electron chi connectivity index (χ2n) is 7.63. The second kappa shape index (κ2) is 12.8. The van der Waals surface area contributed by atoms with Crippen LogP contribution in [0.25, 0.3) is 0 Å². The van der Waals surface area contributed by atoms with E-state index in [0.717, 1.165) is 37.0 Å². The van der Waals surface area contributed by atoms with Gasteiger partial charge in [-0.2, -0.15) is 5.10 Å². The van der Waals surface area contributed by atoms with Crippen LogP contribution in [-0.2, 0) is 4.79 Å². The monoisotopic (exact) mass is 443 g/mol. The van der Waals surface area contributed by atoms with E-state index in [-0.39, 0.29) is 11.8 Å². The molecule has 2 amide bonds. The number of hydrogen-bond acceptors (Lipinski definition) is 4. The Morgan fingerprint density at radius 3 is 2.48 bits per heavy atom. The van der Waals surface area contributed by atoms with Gasteiger partial charge in [-0.25, -0.2) is 5.43 Å². The lowest BCUT2D eigenvalue weighted by atomic mass is 10.1. The molecule has 6 nitrogen and oxygen atoms in total. The van der Waals surface area contributed by atoms with Crippen molar-refractivity contribution in [3.63, 3.8) is 0 Å². The number of hydrazone groups is 1. The zero-order valence-electron chi connectivity index (χ0n) is 18.8. The molecule has 2 N–H and O–H groups in total. The second-order valence-corrected chi connectivity index (χ2v) is 7.63. The first-order valence-corrected chi connectivity index (χ1v) is 11.2. The third kappa shape index (κ3) is 8.26. The maximum atomic E-state index is 12.5. The van der Waals surface area contributed by atoms with Gasteiger partial charge in [0.15, 0.2) is 0 Å². The summed E-state index contributed by atoms with van der Waals surface area (Å²) in [7, 11) is 0. The molecule has 0 fully saturated rings. The largest absolute Gasteiger partial charge is 0.457 e. The van der Waals surface area contributed by atoms with E-state index >= 15 is 0 Å². The number of ether oxygens (including phenoxy) is 1. The Kier molecular flexibility index (Phi) is 9.21. The highest BCUT2D eigenvalue weighted by atomic mass is 16.5. The van der Waals surface area contributed by atoms with Crippen molar-refractivity contribution in [1.82, 2.24) is 5.43 Å². The molecule has 3 rings (SSSR count). The summed E-state index contributed by atoms with van der Waals surface area (Å²) in [5.74, 6) is 1.02. The molecule has 0 saturated heterocycles. The molecule has 0 atom stereocenters. The zero-order chi connectivity index (χ0) is 23.3. The summed E-state index contributed by atoms with van der Waals surface area (Å²) < 4.78 is 5.81. The highest BCUT2D eigenvalue weighted by Crippen LogP contribution is 2.21. The van der Waals surface area contributed by atoms with Crippen LogP contribution in [0, 0.1) is 0 Å². The van der Waals surface area contributed by atoms with Crippen molar-refractivity contribution in [2.24, 2.45) is 5.10 Å². The highest BCUT2D eigenvalue weighted by Gasteiger charge is 2.07. The molecule has 33 heavy (non-hydrogen) atoms. The lowest BCUT2D eigenvalue weighted by Crippen LogP contribution is -2.18. The van der Waals surface area contributed by atoms with Crippen LogP contribution in [0.4, 0.5) is 5.69 Å². The van der Waals surface area contributed by atoms with E-state index in [9.17, 15) is 9.59 Å². The van der Waals surface area contributed by atoms with Crippen molar-refractivity contribution in [3.8, 4) is 11.5 Å². The van der Waals surface area contributed by atoms with Gasteiger partial charge in [0.05, 0.1) is 6.21 Å². The molecule has 0 saturated carbocycles. The summed E-state index contributed by atoms with van der Waals surface area (Å²) >= 11 is 0. The molecule has 6 heteroatoms. The summed E-state index contributed by atoms with van der Waals surface area (Å²) in [4.78, 5) is 24.5. The normalized spacial score (nSPS) is 10.7. The molecule has 0 aliphatic rings. The van der Waals surface area contributed by atoms with Crippen LogP contribution >= 0.6 is 0 Å². The molecule has 0 aromatic heterocycles. The number of rotatable bonds is 11. The van der Waals surface area contributed by atoms with Gasteiger partial charge in [-0.15, -0.1) is 0 Å². The van der Waals surface area contributed by atoms with Crippen molar-refractivity contribution < 1.29 is 14.3 Å². The maximum absolute atomic E-state index is 12.5. The highest BCUT2D eigenvalue weighted by molar-refractivity contribution is 5.97. The minimum absolute atomic E-state index is 0.0423. The van der Waals surface area contributed by atoms with Crippen LogP contribution in [0.5, 0.6) is 11.5 Å². The molecule has 0 aliphatic carbocycles. The van der Waals surface area contributed by atoms with Crippen molar-refractivity contribution in [3.05, 3.63) is 90.0 Å². The van der Waals surface area contributed by atoms with Gasteiger partial charge in [0.1, 0.15) is 11.5 Å². The average Bonchev–Trinajstić information content (AvgIpc) is 2.83. The van der Waals surface area contributed by atoms with Gasteiger partial charge in [0.25, 0.3) is 5.91 Å². The molecule has 0 unspecified atom stereocenters. The number of nitrogens with zero attached hydrogens (tertiary/aromatic N) is 1. The molecule has 3 aromatic rings. The Labute approximate surface area is 194 Å². The minimum Gasteiger partial charge on any atom is -0.457 e. The summed E-state index contributed by atoms with van der Waals surface area (Å²) in [5.41, 5.74) is 4.32. The van der Waals surface area contributed by atoms with Gasteiger partial charge < -0.3 is 10.1 Å². The van der Waals surface area contributed by atoms with Gasteiger partial charge >= 0.3 is 0 Å². The average molecular weight is 444 g/mol. The SMILES string of the molecule is CCCCCCC(=O)Nc1cccc(C(=O)N/N=C/c2cccc(Oc3ccccc3)c2)c1. The van der Waals surface area contributed by atoms with Crippen LogP contribution in [0.3, 0.4) is 0 Å². The Hall–Kier alpha value is -3.93. The summed E-state index contributed by atoms with van der Waals surface area (Å²) in [6, 6.07) is 23.7. The number of anilines is 1. The number of para-hydroxylation sites is 1. The number of carbonyl (C=O) groups is 2. The van der Waals surface area contributed by atoms with E-state index in [0.29, 0.717) is 23.4 Å². The first-order valence-electron chi connectivity index (χ1n) is 11.2. The number of benzene rings is 3. The Balaban J connectivity index is 1.53. The van der Waals surface area contributed by atoms with Gasteiger partial charge in [0, 0.05) is 17.7 Å². The van der Waals surface area contributed by atoms with Crippen molar-refractivity contribution >= 4 is 23.7 Å². The number of nitrogens with one attached hydrogen (secondary N) is 2. The molecule has 0 bridgehead atoms. The summed E-state index contributed by atoms with van der Waals surface area (Å²) in [6.45, 7) is 2.14. The molecule has 3 aromatic carbocycles. The van der Waals surface area contributed by atoms with Crippen LogP contribution in [0.1, 0.15) is 54.9 Å². The number of unbranched alkanes of at least 4 members (excludes halogenated alkanes) is 3. The van der Waals surface area contributed by atoms with Crippen LogP contribution in [-0.4, -0.2) is 18.0 Å². The van der Waals surface area contributed by atoms with Crippen LogP contribution in [0.2, 0.25) is 0 Å². The van der Waals surface area contributed by atoms with Gasteiger partial charge in [-0.3, -0.25) is 9.59 Å². The van der Waals surface area contributed by atoms with E-state index in [4.69, 9.17) is 4.74 Å². The Bertz CT molecular complexity index is 1080. The van der Waals surface area contributed by atoms with Crippen molar-refractivity contribution in [1.29, 1.82) is 0 Å². The first kappa shape index (κ1) is 23.7. The third-order valence-corrected chi connectivity index (χ3v) is 4.88. The Morgan fingerprint density at radius 1 is 0.879 bits per heavy atom. The number of hydrogen-bond donors (Lipinski definition) is 2. The summed E-state index contributed by atoms with van der Waals surface area (Å²) in [6.07, 6.45) is 6.21. The first-order chi connectivity index (χ1) is 16.1. The lowest BCUT2D eigenvalue weighted by molar-refractivity contribution is -0.116. The molecule has 0 radical (unpaired) electrons. The van der Waals surface area contributed by atoms with Gasteiger partial charge in [-0.1, -0.05) is 62.6 Å². The predicted octanol–water partition coefficient (Wildman–Crippen LogP) is 6.15. The topological polar surface area (TPSA) is 79.8 Å². The fourth-order valence-electron chi connectivity index (χ4n) is 3.19. The van der Waals surface area contributed by atoms with Gasteiger partial charge in [0.2, 0.25) is 5.91 Å². The van der Waals surface area contributed by atoms with E-state index < -0.39 is 0 Å². The third-order valence-electron chi connectivity index (χ3n) is 4.88. The zero-order valence-corrected chi connectivity index (χ0v) is 18.8. The van der Waals surface area contributed by atoms with E-state index in [1.165, 1.54) is 0 Å². The fraction of sp³-hybridized carbons (Fsp3) is 0.222. The van der Waals surface area contributed by atoms with Crippen molar-refractivity contribution in [2.75, 3.05) is 5.32 Å². The van der Waals surface area contributed by atoms with E-state index in [1.807, 2.05) is 54.6 Å². The van der Waals surface area contributed by atoms with E-state index in [2.05, 4.69) is 22.8 Å². The standard InChI is InChI=1S/C27H29N3O3/c1-2-3-4-8-17-26(31)29-23-13-10-12-22(19-23)27(32)30-28-20-21-11-9-16-25(18-21)33-24-14-6-5-7-15-24/h5-7,9-16,18-20H,2-4,8,17H2,1H3,(H,29,31)(H,30,32)/b28-20+. The van der Waals surface area contributed by atoms with Crippen molar-refractivity contribution in [2.45, 2.75) is 39.0 Å². The minimum atomic E-state index is -0.359. The molecule has 0 heterocycles.